The van der Waals surface area contributed by atoms with Gasteiger partial charge in [-0.2, -0.15) is 4.98 Å². The molecular formula is C34H36N6O2S. The van der Waals surface area contributed by atoms with Crippen LogP contribution in [-0.4, -0.2) is 40.7 Å². The van der Waals surface area contributed by atoms with Crippen molar-refractivity contribution in [2.75, 3.05) is 30.4 Å². The summed E-state index contributed by atoms with van der Waals surface area (Å²) in [6.07, 6.45) is 6.57. The van der Waals surface area contributed by atoms with Gasteiger partial charge in [-0.25, -0.2) is 4.98 Å². The monoisotopic (exact) mass is 592 g/mol. The molecule has 1 unspecified atom stereocenters. The van der Waals surface area contributed by atoms with Gasteiger partial charge in [0.05, 0.1) is 6.54 Å². The molecule has 1 saturated carbocycles. The zero-order chi connectivity index (χ0) is 29.3. The minimum atomic E-state index is -0.208. The number of hydrogen-bond donors (Lipinski definition) is 2. The van der Waals surface area contributed by atoms with Crippen LogP contribution in [0, 0.1) is 6.92 Å². The standard InChI is InChI=1S/C34H36N6O2S/c1-22-6-3-4-8-29(22)42-30-18-24-19-36-34(37-25-11-13-26(14-12-25)39(2)27-7-5-16-35-20-27)38-32(24)40(33(30)41)21-31-28(15-17-43-31)23-9-10-23/h3-4,6,8,11-15,17-19,23,27,35H,5,7,9-10,16,20-21H2,1-2H3,(H,36,37,38). The third-order valence-corrected chi connectivity index (χ3v) is 9.48. The number of para-hydroxylation sites is 1. The van der Waals surface area contributed by atoms with Crippen molar-refractivity contribution in [1.82, 2.24) is 19.9 Å². The Morgan fingerprint density at radius 3 is 2.70 bits per heavy atom. The Balaban J connectivity index is 1.21. The summed E-state index contributed by atoms with van der Waals surface area (Å²) in [4.78, 5) is 27.0. The van der Waals surface area contributed by atoms with Crippen LogP contribution in [0.1, 0.15) is 47.6 Å². The average Bonchev–Trinajstić information content (AvgIpc) is 3.78. The Hall–Kier alpha value is -4.21. The second kappa shape index (κ2) is 11.8. The number of pyridine rings is 1. The number of anilines is 3. The second-order valence-corrected chi connectivity index (χ2v) is 12.6. The van der Waals surface area contributed by atoms with Crippen molar-refractivity contribution in [3.05, 3.63) is 98.6 Å². The quantitative estimate of drug-likeness (QED) is 0.195. The van der Waals surface area contributed by atoms with Gasteiger partial charge in [0.15, 0.2) is 5.75 Å². The summed E-state index contributed by atoms with van der Waals surface area (Å²) in [6, 6.07) is 20.5. The summed E-state index contributed by atoms with van der Waals surface area (Å²) in [7, 11) is 2.16. The van der Waals surface area contributed by atoms with E-state index in [9.17, 15) is 4.79 Å². The highest BCUT2D eigenvalue weighted by atomic mass is 32.1. The molecular weight excluding hydrogens is 556 g/mol. The highest BCUT2D eigenvalue weighted by Gasteiger charge is 2.27. The molecule has 1 aliphatic heterocycles. The predicted octanol–water partition coefficient (Wildman–Crippen LogP) is 6.81. The van der Waals surface area contributed by atoms with Crippen LogP contribution in [0.2, 0.25) is 0 Å². The Morgan fingerprint density at radius 1 is 1.09 bits per heavy atom. The van der Waals surface area contributed by atoms with E-state index in [4.69, 9.17) is 9.72 Å². The summed E-state index contributed by atoms with van der Waals surface area (Å²) in [5.74, 6) is 1.97. The Labute approximate surface area is 255 Å². The second-order valence-electron chi connectivity index (χ2n) is 11.6. The maximum atomic E-state index is 14.0. The molecule has 0 spiro atoms. The molecule has 1 aliphatic carbocycles. The van der Waals surface area contributed by atoms with Crippen LogP contribution in [0.4, 0.5) is 17.3 Å². The number of aryl methyl sites for hydroxylation is 1. The fraction of sp³-hybridized carbons (Fsp3) is 0.324. The summed E-state index contributed by atoms with van der Waals surface area (Å²) in [5.41, 5.74) is 4.75. The van der Waals surface area contributed by atoms with Crippen molar-refractivity contribution >= 4 is 39.7 Å². The lowest BCUT2D eigenvalue weighted by Crippen LogP contribution is -2.44. The molecule has 0 radical (unpaired) electrons. The number of thiophene rings is 1. The minimum absolute atomic E-state index is 0.208. The fourth-order valence-corrected chi connectivity index (χ4v) is 6.82. The molecule has 0 amide bonds. The van der Waals surface area contributed by atoms with Crippen LogP contribution in [0.25, 0.3) is 11.0 Å². The summed E-state index contributed by atoms with van der Waals surface area (Å²) >= 11 is 1.70. The molecule has 9 heteroatoms. The van der Waals surface area contributed by atoms with Gasteiger partial charge in [-0.15, -0.1) is 11.3 Å². The molecule has 1 atom stereocenters. The lowest BCUT2D eigenvalue weighted by molar-refractivity contribution is 0.445. The van der Waals surface area contributed by atoms with Gasteiger partial charge >= 0.3 is 0 Å². The third-order valence-electron chi connectivity index (χ3n) is 8.56. The molecule has 220 valence electrons. The van der Waals surface area contributed by atoms with Crippen LogP contribution in [0.5, 0.6) is 11.5 Å². The molecule has 3 aromatic heterocycles. The molecule has 1 saturated heterocycles. The van der Waals surface area contributed by atoms with Gasteiger partial charge in [0.25, 0.3) is 5.56 Å². The molecule has 8 nitrogen and oxygen atoms in total. The lowest BCUT2D eigenvalue weighted by atomic mass is 10.1. The van der Waals surface area contributed by atoms with Crippen molar-refractivity contribution in [2.24, 2.45) is 0 Å². The van der Waals surface area contributed by atoms with E-state index in [2.05, 4.69) is 63.3 Å². The Bertz CT molecular complexity index is 1800. The highest BCUT2D eigenvalue weighted by Crippen LogP contribution is 2.43. The number of ether oxygens (including phenoxy) is 1. The normalized spacial score (nSPS) is 16.7. The van der Waals surface area contributed by atoms with E-state index in [0.29, 0.717) is 35.8 Å². The largest absolute Gasteiger partial charge is 0.451 e. The smallest absolute Gasteiger partial charge is 0.295 e. The third kappa shape index (κ3) is 5.87. The molecule has 2 fully saturated rings. The van der Waals surface area contributed by atoms with E-state index < -0.39 is 0 Å². The molecule has 0 bridgehead atoms. The number of piperidine rings is 1. The minimum Gasteiger partial charge on any atom is -0.451 e. The summed E-state index contributed by atoms with van der Waals surface area (Å²) < 4.78 is 7.93. The van der Waals surface area contributed by atoms with Crippen LogP contribution in [0.15, 0.2) is 77.0 Å². The average molecular weight is 593 g/mol. The van der Waals surface area contributed by atoms with Gasteiger partial charge in [0, 0.05) is 47.5 Å². The maximum absolute atomic E-state index is 14.0. The predicted molar refractivity (Wildman–Crippen MR) is 174 cm³/mol. The van der Waals surface area contributed by atoms with Gasteiger partial charge in [-0.3, -0.25) is 9.36 Å². The van der Waals surface area contributed by atoms with Gasteiger partial charge in [0.2, 0.25) is 5.95 Å². The first-order valence-electron chi connectivity index (χ1n) is 15.0. The van der Waals surface area contributed by atoms with E-state index in [1.54, 1.807) is 28.2 Å². The SMILES string of the molecule is Cc1ccccc1Oc1cc2cnc(Nc3ccc(N(C)C4CCCNC4)cc3)nc2n(Cc2sccc2C2CC2)c1=O. The topological polar surface area (TPSA) is 84.3 Å². The first kappa shape index (κ1) is 27.6. The lowest BCUT2D eigenvalue weighted by Gasteiger charge is -2.33. The number of rotatable bonds is 9. The van der Waals surface area contributed by atoms with Crippen LogP contribution in [0.3, 0.4) is 0 Å². The van der Waals surface area contributed by atoms with E-state index in [-0.39, 0.29) is 11.3 Å². The number of likely N-dealkylation sites (N-methyl/N-ethyl adjacent to an activating group) is 1. The van der Waals surface area contributed by atoms with Gasteiger partial charge < -0.3 is 20.3 Å². The molecule has 7 rings (SSSR count). The van der Waals surface area contributed by atoms with E-state index in [0.717, 1.165) is 29.7 Å². The number of nitrogens with one attached hydrogen (secondary N) is 2. The first-order chi connectivity index (χ1) is 21.0. The van der Waals surface area contributed by atoms with Crippen molar-refractivity contribution in [2.45, 2.75) is 51.1 Å². The number of benzene rings is 2. The zero-order valence-electron chi connectivity index (χ0n) is 24.5. The Kier molecular flexibility index (Phi) is 7.59. The van der Waals surface area contributed by atoms with Gasteiger partial charge in [0.1, 0.15) is 11.4 Å². The summed E-state index contributed by atoms with van der Waals surface area (Å²) in [6.45, 7) is 4.52. The van der Waals surface area contributed by atoms with E-state index in [1.165, 1.54) is 41.8 Å². The van der Waals surface area contributed by atoms with Crippen molar-refractivity contribution in [1.29, 1.82) is 0 Å². The van der Waals surface area contributed by atoms with Crippen molar-refractivity contribution < 1.29 is 4.74 Å². The van der Waals surface area contributed by atoms with Crippen LogP contribution >= 0.6 is 11.3 Å². The zero-order valence-corrected chi connectivity index (χ0v) is 25.4. The first-order valence-corrected chi connectivity index (χ1v) is 15.9. The number of aromatic nitrogens is 3. The summed E-state index contributed by atoms with van der Waals surface area (Å²) in [5, 5.41) is 9.71. The molecule has 4 heterocycles. The molecule has 2 aliphatic rings. The maximum Gasteiger partial charge on any atom is 0.295 e. The highest BCUT2D eigenvalue weighted by molar-refractivity contribution is 7.10. The van der Waals surface area contributed by atoms with E-state index >= 15 is 0 Å². The molecule has 2 N–H and O–H groups in total. The van der Waals surface area contributed by atoms with Gasteiger partial charge in [-0.1, -0.05) is 18.2 Å². The molecule has 5 aromatic rings. The number of nitrogens with zero attached hydrogens (tertiary/aromatic N) is 4. The number of fused-ring (bicyclic) bond motifs is 1. The number of hydrogen-bond acceptors (Lipinski definition) is 8. The Morgan fingerprint density at radius 2 is 1.93 bits per heavy atom. The van der Waals surface area contributed by atoms with Crippen LogP contribution < -0.4 is 25.8 Å². The molecule has 43 heavy (non-hydrogen) atoms. The van der Waals surface area contributed by atoms with Crippen molar-refractivity contribution in [3.8, 4) is 11.5 Å². The molecule has 2 aromatic carbocycles. The van der Waals surface area contributed by atoms with Crippen LogP contribution in [-0.2, 0) is 6.54 Å². The van der Waals surface area contributed by atoms with Crippen molar-refractivity contribution in [3.63, 3.8) is 0 Å². The van der Waals surface area contributed by atoms with E-state index in [1.807, 2.05) is 31.2 Å². The fourth-order valence-electron chi connectivity index (χ4n) is 5.87. The van der Waals surface area contributed by atoms with Gasteiger partial charge in [-0.05, 0) is 104 Å².